The minimum absolute atomic E-state index is 0.359. The zero-order valence-electron chi connectivity index (χ0n) is 9.90. The third-order valence-electron chi connectivity index (χ3n) is 4.47. The minimum atomic E-state index is 0.359. The molecule has 0 aromatic heterocycles. The molecule has 0 saturated heterocycles. The van der Waals surface area contributed by atoms with Gasteiger partial charge in [0.25, 0.3) is 0 Å². The van der Waals surface area contributed by atoms with Crippen molar-refractivity contribution in [1.82, 2.24) is 0 Å². The molecule has 16 heavy (non-hydrogen) atoms. The van der Waals surface area contributed by atoms with Crippen LogP contribution in [-0.2, 0) is 4.74 Å². The molecule has 90 valence electrons. The van der Waals surface area contributed by atoms with E-state index < -0.39 is 0 Å². The fourth-order valence-electron chi connectivity index (χ4n) is 3.41. The first-order chi connectivity index (χ1) is 7.86. The number of hydrogen-bond acceptors (Lipinski definition) is 3. The van der Waals surface area contributed by atoms with Crippen LogP contribution in [0.15, 0.2) is 4.99 Å². The molecule has 3 rings (SSSR count). The molecule has 3 heteroatoms. The number of aliphatic imine (C=N–C) groups is 1. The van der Waals surface area contributed by atoms with Crippen molar-refractivity contribution in [2.75, 3.05) is 6.54 Å². The molecule has 1 heterocycles. The van der Waals surface area contributed by atoms with E-state index in [1.807, 2.05) is 0 Å². The lowest BCUT2D eigenvalue weighted by Crippen LogP contribution is -2.34. The van der Waals surface area contributed by atoms with Crippen LogP contribution in [0.4, 0.5) is 0 Å². The molecule has 2 aliphatic carbocycles. The van der Waals surface area contributed by atoms with Gasteiger partial charge >= 0.3 is 0 Å². The molecule has 3 unspecified atom stereocenters. The Morgan fingerprint density at radius 1 is 1.19 bits per heavy atom. The third kappa shape index (κ3) is 1.86. The standard InChI is InChI=1S/C13H22N2O/c14-8-9-5-6-11-12(7-9)16-13(15-11)10-3-1-2-4-10/h9-12H,1-8,14H2. The molecule has 1 aliphatic heterocycles. The molecule has 0 amide bonds. The summed E-state index contributed by atoms with van der Waals surface area (Å²) in [5.74, 6) is 2.39. The van der Waals surface area contributed by atoms with E-state index in [0.717, 1.165) is 18.9 Å². The van der Waals surface area contributed by atoms with E-state index in [-0.39, 0.29) is 0 Å². The highest BCUT2D eigenvalue weighted by atomic mass is 16.5. The van der Waals surface area contributed by atoms with Crippen LogP contribution in [0.2, 0.25) is 0 Å². The number of nitrogens with two attached hydrogens (primary N) is 1. The van der Waals surface area contributed by atoms with Gasteiger partial charge in [-0.2, -0.15) is 0 Å². The van der Waals surface area contributed by atoms with Crippen molar-refractivity contribution in [3.63, 3.8) is 0 Å². The van der Waals surface area contributed by atoms with E-state index in [2.05, 4.69) is 0 Å². The highest BCUT2D eigenvalue weighted by molar-refractivity contribution is 5.81. The summed E-state index contributed by atoms with van der Waals surface area (Å²) in [7, 11) is 0. The molecule has 2 saturated carbocycles. The zero-order chi connectivity index (χ0) is 11.0. The fraction of sp³-hybridized carbons (Fsp3) is 0.923. The average Bonchev–Trinajstić information content (AvgIpc) is 2.96. The quantitative estimate of drug-likeness (QED) is 0.777. The van der Waals surface area contributed by atoms with Gasteiger partial charge in [-0.15, -0.1) is 0 Å². The number of nitrogens with zero attached hydrogens (tertiary/aromatic N) is 1. The fourth-order valence-corrected chi connectivity index (χ4v) is 3.41. The second kappa shape index (κ2) is 4.36. The second-order valence-corrected chi connectivity index (χ2v) is 5.59. The summed E-state index contributed by atoms with van der Waals surface area (Å²) in [6, 6.07) is 0.457. The largest absolute Gasteiger partial charge is 0.475 e. The lowest BCUT2D eigenvalue weighted by atomic mass is 9.84. The predicted molar refractivity (Wildman–Crippen MR) is 64.4 cm³/mol. The highest BCUT2D eigenvalue weighted by Gasteiger charge is 2.39. The Labute approximate surface area is 97.4 Å². The van der Waals surface area contributed by atoms with Crippen LogP contribution in [0.1, 0.15) is 44.9 Å². The number of ether oxygens (including phenoxy) is 1. The molecule has 0 spiro atoms. The van der Waals surface area contributed by atoms with Gasteiger partial charge in [0.1, 0.15) is 6.10 Å². The molecular formula is C13H22N2O. The molecule has 0 aromatic rings. The third-order valence-corrected chi connectivity index (χ3v) is 4.47. The van der Waals surface area contributed by atoms with Gasteiger partial charge in [0.15, 0.2) is 5.90 Å². The van der Waals surface area contributed by atoms with Crippen molar-refractivity contribution >= 4 is 5.90 Å². The number of fused-ring (bicyclic) bond motifs is 1. The minimum Gasteiger partial charge on any atom is -0.475 e. The SMILES string of the molecule is NCC1CCC2N=C(C3CCCC3)OC2C1. The van der Waals surface area contributed by atoms with E-state index >= 15 is 0 Å². The molecule has 3 nitrogen and oxygen atoms in total. The van der Waals surface area contributed by atoms with E-state index in [9.17, 15) is 0 Å². The van der Waals surface area contributed by atoms with Crippen molar-refractivity contribution in [2.45, 2.75) is 57.1 Å². The molecule has 0 radical (unpaired) electrons. The first-order valence-corrected chi connectivity index (χ1v) is 6.81. The zero-order valence-corrected chi connectivity index (χ0v) is 9.90. The second-order valence-electron chi connectivity index (χ2n) is 5.59. The number of rotatable bonds is 2. The lowest BCUT2D eigenvalue weighted by molar-refractivity contribution is 0.116. The van der Waals surface area contributed by atoms with Crippen LogP contribution in [-0.4, -0.2) is 24.6 Å². The first-order valence-electron chi connectivity index (χ1n) is 6.81. The van der Waals surface area contributed by atoms with Gasteiger partial charge in [-0.05, 0) is 44.6 Å². The monoisotopic (exact) mass is 222 g/mol. The topological polar surface area (TPSA) is 47.6 Å². The lowest BCUT2D eigenvalue weighted by Gasteiger charge is -2.28. The van der Waals surface area contributed by atoms with Crippen LogP contribution in [0.5, 0.6) is 0 Å². The summed E-state index contributed by atoms with van der Waals surface area (Å²) in [5.41, 5.74) is 5.75. The predicted octanol–water partition coefficient (Wildman–Crippen LogP) is 2.10. The van der Waals surface area contributed by atoms with Gasteiger partial charge < -0.3 is 10.5 Å². The summed E-state index contributed by atoms with van der Waals surface area (Å²) in [4.78, 5) is 4.81. The molecule has 3 atom stereocenters. The highest BCUT2D eigenvalue weighted by Crippen LogP contribution is 2.36. The Bertz CT molecular complexity index is 284. The van der Waals surface area contributed by atoms with Crippen LogP contribution >= 0.6 is 0 Å². The van der Waals surface area contributed by atoms with Crippen molar-refractivity contribution in [3.05, 3.63) is 0 Å². The Balaban J connectivity index is 1.64. The van der Waals surface area contributed by atoms with Gasteiger partial charge in [0.05, 0.1) is 6.04 Å². The Morgan fingerprint density at radius 2 is 2.00 bits per heavy atom. The smallest absolute Gasteiger partial charge is 0.187 e. The maximum absolute atomic E-state index is 6.08. The van der Waals surface area contributed by atoms with Crippen molar-refractivity contribution in [3.8, 4) is 0 Å². The summed E-state index contributed by atoms with van der Waals surface area (Å²) in [6.07, 6.45) is 9.20. The molecule has 0 bridgehead atoms. The summed E-state index contributed by atoms with van der Waals surface area (Å²) in [6.45, 7) is 0.811. The molecular weight excluding hydrogens is 200 g/mol. The average molecular weight is 222 g/mol. The van der Waals surface area contributed by atoms with E-state index in [1.54, 1.807) is 0 Å². The van der Waals surface area contributed by atoms with Gasteiger partial charge in [-0.3, -0.25) is 0 Å². The molecule has 2 fully saturated rings. The summed E-state index contributed by atoms with van der Waals surface area (Å²) < 4.78 is 6.08. The molecule has 0 aromatic carbocycles. The van der Waals surface area contributed by atoms with Crippen molar-refractivity contribution < 1.29 is 4.74 Å². The summed E-state index contributed by atoms with van der Waals surface area (Å²) in [5, 5.41) is 0. The Kier molecular flexibility index (Phi) is 2.88. The van der Waals surface area contributed by atoms with Crippen LogP contribution < -0.4 is 5.73 Å². The Morgan fingerprint density at radius 3 is 2.75 bits per heavy atom. The van der Waals surface area contributed by atoms with E-state index in [0.29, 0.717) is 24.0 Å². The van der Waals surface area contributed by atoms with Crippen LogP contribution in [0, 0.1) is 11.8 Å². The number of hydrogen-bond donors (Lipinski definition) is 1. The summed E-state index contributed by atoms with van der Waals surface area (Å²) >= 11 is 0. The van der Waals surface area contributed by atoms with Gasteiger partial charge in [0, 0.05) is 5.92 Å². The van der Waals surface area contributed by atoms with Gasteiger partial charge in [-0.25, -0.2) is 4.99 Å². The van der Waals surface area contributed by atoms with E-state index in [4.69, 9.17) is 15.5 Å². The maximum Gasteiger partial charge on any atom is 0.187 e. The van der Waals surface area contributed by atoms with Gasteiger partial charge in [0.2, 0.25) is 0 Å². The molecule has 2 N–H and O–H groups in total. The van der Waals surface area contributed by atoms with Crippen molar-refractivity contribution in [1.29, 1.82) is 0 Å². The van der Waals surface area contributed by atoms with Crippen LogP contribution in [0.3, 0.4) is 0 Å². The van der Waals surface area contributed by atoms with E-state index in [1.165, 1.54) is 38.5 Å². The first kappa shape index (κ1) is 10.6. The molecule has 3 aliphatic rings. The maximum atomic E-state index is 6.08. The van der Waals surface area contributed by atoms with Gasteiger partial charge in [-0.1, -0.05) is 12.8 Å². The normalized spacial score (nSPS) is 39.3. The van der Waals surface area contributed by atoms with Crippen molar-refractivity contribution in [2.24, 2.45) is 22.6 Å². The van der Waals surface area contributed by atoms with Crippen LogP contribution in [0.25, 0.3) is 0 Å². The Hall–Kier alpha value is -0.570.